The van der Waals surface area contributed by atoms with Crippen LogP contribution in [-0.4, -0.2) is 34.7 Å². The van der Waals surface area contributed by atoms with Gasteiger partial charge in [0.15, 0.2) is 0 Å². The van der Waals surface area contributed by atoms with E-state index >= 15 is 0 Å². The maximum Gasteiger partial charge on any atom is 0.0930 e. The highest BCUT2D eigenvalue weighted by Gasteiger charge is 2.43. The van der Waals surface area contributed by atoms with Gasteiger partial charge in [0.1, 0.15) is 0 Å². The van der Waals surface area contributed by atoms with E-state index in [-0.39, 0.29) is 17.8 Å². The van der Waals surface area contributed by atoms with Crippen molar-refractivity contribution in [1.82, 2.24) is 15.1 Å². The fraction of sp³-hybridized carbons (Fsp3) is 0.412. The van der Waals surface area contributed by atoms with Crippen molar-refractivity contribution in [2.45, 2.75) is 24.7 Å². The monoisotopic (exact) mass is 335 g/mol. The molecule has 2 atom stereocenters. The molecule has 2 aliphatic heterocycles. The van der Waals surface area contributed by atoms with Gasteiger partial charge in [0.2, 0.25) is 0 Å². The molecule has 0 radical (unpaired) electrons. The van der Waals surface area contributed by atoms with E-state index in [4.69, 9.17) is 11.6 Å². The van der Waals surface area contributed by atoms with Crippen molar-refractivity contribution in [1.29, 1.82) is 0 Å². The summed E-state index contributed by atoms with van der Waals surface area (Å²) in [6, 6.07) is 12.0. The standard InChI is InChI=1S/C17H18ClN3.ClH/c18-14-4-1-3-13(11-14)15-5-6-16(20-19-15)17-7-2-9-21(12-17)10-8-17;/h1,3-6,11H,2,7-10,12H2;1H/t17-;/m0./s1. The highest BCUT2D eigenvalue weighted by Crippen LogP contribution is 2.41. The number of nitrogens with zero attached hydrogens (tertiary/aromatic N) is 3. The summed E-state index contributed by atoms with van der Waals surface area (Å²) in [6.07, 6.45) is 3.74. The molecule has 3 heterocycles. The molecule has 3 nitrogen and oxygen atoms in total. The molecule has 116 valence electrons. The fourth-order valence-electron chi connectivity index (χ4n) is 3.75. The molecule has 2 bridgehead atoms. The molecule has 0 spiro atoms. The van der Waals surface area contributed by atoms with Crippen molar-refractivity contribution in [3.63, 3.8) is 0 Å². The van der Waals surface area contributed by atoms with Crippen LogP contribution < -0.4 is 0 Å². The number of hydrogen-bond acceptors (Lipinski definition) is 3. The van der Waals surface area contributed by atoms with Crippen LogP contribution in [0.5, 0.6) is 0 Å². The van der Waals surface area contributed by atoms with Crippen molar-refractivity contribution in [2.24, 2.45) is 0 Å². The molecule has 2 aromatic rings. The van der Waals surface area contributed by atoms with E-state index in [0.717, 1.165) is 28.5 Å². The lowest BCUT2D eigenvalue weighted by atomic mass is 9.78. The molecule has 1 unspecified atom stereocenters. The predicted octanol–water partition coefficient (Wildman–Crippen LogP) is 3.96. The van der Waals surface area contributed by atoms with Gasteiger partial charge in [-0.15, -0.1) is 12.4 Å². The Labute approximate surface area is 142 Å². The Kier molecular flexibility index (Phi) is 4.40. The van der Waals surface area contributed by atoms with Gasteiger partial charge in [0.25, 0.3) is 0 Å². The van der Waals surface area contributed by atoms with Crippen LogP contribution in [0.3, 0.4) is 0 Å². The first kappa shape index (κ1) is 15.7. The topological polar surface area (TPSA) is 29.0 Å². The zero-order chi connectivity index (χ0) is 14.3. The summed E-state index contributed by atoms with van der Waals surface area (Å²) in [6.45, 7) is 3.60. The maximum absolute atomic E-state index is 6.04. The molecular formula is C17H19Cl2N3. The number of halogens is 2. The van der Waals surface area contributed by atoms with Crippen LogP contribution >= 0.6 is 24.0 Å². The van der Waals surface area contributed by atoms with Gasteiger partial charge >= 0.3 is 0 Å². The molecule has 4 rings (SSSR count). The van der Waals surface area contributed by atoms with Crippen LogP contribution in [0, 0.1) is 0 Å². The fourth-order valence-corrected chi connectivity index (χ4v) is 3.94. The van der Waals surface area contributed by atoms with Crippen LogP contribution in [-0.2, 0) is 5.41 Å². The van der Waals surface area contributed by atoms with Gasteiger partial charge in [0, 0.05) is 22.5 Å². The Morgan fingerprint density at radius 1 is 1.05 bits per heavy atom. The number of fused-ring (bicyclic) bond motifs is 2. The van der Waals surface area contributed by atoms with E-state index in [1.54, 1.807) is 0 Å². The second-order valence-electron chi connectivity index (χ2n) is 6.22. The average molecular weight is 336 g/mol. The van der Waals surface area contributed by atoms with Gasteiger partial charge in [-0.2, -0.15) is 10.2 Å². The summed E-state index contributed by atoms with van der Waals surface area (Å²) >= 11 is 6.04. The van der Waals surface area contributed by atoms with Crippen molar-refractivity contribution >= 4 is 24.0 Å². The lowest BCUT2D eigenvalue weighted by molar-refractivity contribution is 0.239. The molecule has 5 heteroatoms. The second-order valence-corrected chi connectivity index (χ2v) is 6.66. The van der Waals surface area contributed by atoms with E-state index < -0.39 is 0 Å². The van der Waals surface area contributed by atoms with Crippen LogP contribution in [0.1, 0.15) is 25.0 Å². The zero-order valence-electron chi connectivity index (χ0n) is 12.3. The Bertz CT molecular complexity index is 655. The van der Waals surface area contributed by atoms with Crippen molar-refractivity contribution < 1.29 is 0 Å². The SMILES string of the molecule is Cl.Clc1cccc(-c2ccc([C@@]34CCCN(CC3)C4)nn2)c1. The zero-order valence-corrected chi connectivity index (χ0v) is 13.9. The molecule has 0 aliphatic carbocycles. The molecule has 2 saturated heterocycles. The first-order chi connectivity index (χ1) is 10.3. The third kappa shape index (κ3) is 2.73. The molecule has 0 amide bonds. The van der Waals surface area contributed by atoms with Crippen molar-refractivity contribution in [3.05, 3.63) is 47.1 Å². The summed E-state index contributed by atoms with van der Waals surface area (Å²) in [5.41, 5.74) is 3.33. The summed E-state index contributed by atoms with van der Waals surface area (Å²) < 4.78 is 0. The first-order valence-electron chi connectivity index (χ1n) is 7.58. The maximum atomic E-state index is 6.04. The summed E-state index contributed by atoms with van der Waals surface area (Å²) in [7, 11) is 0. The van der Waals surface area contributed by atoms with Crippen LogP contribution in [0.2, 0.25) is 5.02 Å². The number of rotatable bonds is 2. The predicted molar refractivity (Wildman–Crippen MR) is 91.7 cm³/mol. The van der Waals surface area contributed by atoms with Gasteiger partial charge in [-0.25, -0.2) is 0 Å². The van der Waals surface area contributed by atoms with E-state index in [9.17, 15) is 0 Å². The molecule has 2 fully saturated rings. The first-order valence-corrected chi connectivity index (χ1v) is 7.96. The van der Waals surface area contributed by atoms with Gasteiger partial charge in [-0.05, 0) is 56.6 Å². The van der Waals surface area contributed by atoms with Crippen molar-refractivity contribution in [3.8, 4) is 11.3 Å². The average Bonchev–Trinajstić information content (AvgIpc) is 2.83. The molecule has 22 heavy (non-hydrogen) atoms. The Hall–Kier alpha value is -1.16. The smallest absolute Gasteiger partial charge is 0.0930 e. The third-order valence-electron chi connectivity index (χ3n) is 4.89. The molecular weight excluding hydrogens is 317 g/mol. The van der Waals surface area contributed by atoms with Gasteiger partial charge < -0.3 is 4.90 Å². The lowest BCUT2D eigenvalue weighted by Crippen LogP contribution is -2.37. The van der Waals surface area contributed by atoms with Gasteiger partial charge in [-0.1, -0.05) is 23.7 Å². The number of piperidine rings is 1. The summed E-state index contributed by atoms with van der Waals surface area (Å²) in [5.74, 6) is 0. The highest BCUT2D eigenvalue weighted by atomic mass is 35.5. The highest BCUT2D eigenvalue weighted by molar-refractivity contribution is 6.30. The van der Waals surface area contributed by atoms with Crippen LogP contribution in [0.4, 0.5) is 0 Å². The van der Waals surface area contributed by atoms with Crippen molar-refractivity contribution in [2.75, 3.05) is 19.6 Å². The van der Waals surface area contributed by atoms with Crippen LogP contribution in [0.15, 0.2) is 36.4 Å². The molecule has 0 N–H and O–H groups in total. The molecule has 2 aliphatic rings. The Balaban J connectivity index is 0.00000144. The lowest BCUT2D eigenvalue weighted by Gasteiger charge is -2.33. The third-order valence-corrected chi connectivity index (χ3v) is 5.13. The van der Waals surface area contributed by atoms with E-state index in [1.165, 1.54) is 32.4 Å². The van der Waals surface area contributed by atoms with E-state index in [2.05, 4.69) is 27.2 Å². The second kappa shape index (κ2) is 6.15. The normalized spacial score (nSPS) is 26.5. The van der Waals surface area contributed by atoms with Gasteiger partial charge in [-0.3, -0.25) is 0 Å². The molecule has 1 aromatic heterocycles. The minimum absolute atomic E-state index is 0. The molecule has 0 saturated carbocycles. The minimum atomic E-state index is 0. The van der Waals surface area contributed by atoms with E-state index in [1.807, 2.05) is 24.3 Å². The Morgan fingerprint density at radius 2 is 1.95 bits per heavy atom. The largest absolute Gasteiger partial charge is 0.302 e. The Morgan fingerprint density at radius 3 is 2.73 bits per heavy atom. The minimum Gasteiger partial charge on any atom is -0.302 e. The summed E-state index contributed by atoms with van der Waals surface area (Å²) in [4.78, 5) is 2.55. The van der Waals surface area contributed by atoms with E-state index in [0.29, 0.717) is 0 Å². The van der Waals surface area contributed by atoms with Gasteiger partial charge in [0.05, 0.1) is 11.4 Å². The molecule has 1 aromatic carbocycles. The number of aromatic nitrogens is 2. The number of hydrogen-bond donors (Lipinski definition) is 0. The summed E-state index contributed by atoms with van der Waals surface area (Å²) in [5, 5.41) is 9.74. The quantitative estimate of drug-likeness (QED) is 0.831. The number of benzene rings is 1. The van der Waals surface area contributed by atoms with Crippen LogP contribution in [0.25, 0.3) is 11.3 Å².